The molecule has 24 heavy (non-hydrogen) atoms. The largest absolute Gasteiger partial charge is 0.494 e. The number of hydrogen-bond acceptors (Lipinski definition) is 5. The van der Waals surface area contributed by atoms with Crippen molar-refractivity contribution in [2.24, 2.45) is 0 Å². The minimum atomic E-state index is -4.50. The lowest BCUT2D eigenvalue weighted by atomic mass is 10.1. The van der Waals surface area contributed by atoms with Gasteiger partial charge in [0.2, 0.25) is 0 Å². The Bertz CT molecular complexity index is 653. The third-order valence-electron chi connectivity index (χ3n) is 3.14. The van der Waals surface area contributed by atoms with Crippen LogP contribution < -0.4 is 9.47 Å². The van der Waals surface area contributed by atoms with E-state index in [-0.39, 0.29) is 23.7 Å². The summed E-state index contributed by atoms with van der Waals surface area (Å²) in [6, 6.07) is 2.87. The lowest BCUT2D eigenvalue weighted by molar-refractivity contribution is -0.137. The fourth-order valence-corrected chi connectivity index (χ4v) is 2.80. The van der Waals surface area contributed by atoms with Crippen LogP contribution in [-0.4, -0.2) is 37.3 Å². The molecule has 0 aliphatic rings. The molecule has 0 saturated carbocycles. The molecule has 1 aromatic carbocycles. The number of aliphatic carboxylic acids is 1. The van der Waals surface area contributed by atoms with E-state index in [2.05, 4.69) is 0 Å². The molecule has 1 aromatic rings. The minimum Gasteiger partial charge on any atom is -0.494 e. The van der Waals surface area contributed by atoms with Crippen LogP contribution in [0.2, 0.25) is 0 Å². The maximum absolute atomic E-state index is 11.7. The Morgan fingerprint density at radius 2 is 1.75 bits per heavy atom. The third kappa shape index (κ3) is 6.37. The predicted octanol–water partition coefficient (Wildman–Crippen LogP) is 2.92. The molecule has 8 heteroatoms. The Morgan fingerprint density at radius 3 is 2.29 bits per heavy atom. The first-order valence-electron chi connectivity index (χ1n) is 7.91. The first kappa shape index (κ1) is 20.2. The standard InChI is InChI=1S/C16H24O7S/c1-3-8-22-13-10-12(6-5-7-15(17)18)16(23-9-4-2)14(11-13)24(19,20)21/h10-11H,3-9H2,1-2H3,(H,17,18)(H,19,20,21). The summed E-state index contributed by atoms with van der Waals surface area (Å²) in [6.07, 6.45) is 1.98. The quantitative estimate of drug-likeness (QED) is 0.584. The number of carboxylic acids is 1. The highest BCUT2D eigenvalue weighted by Crippen LogP contribution is 2.34. The molecule has 0 unspecified atom stereocenters. The van der Waals surface area contributed by atoms with Crippen molar-refractivity contribution in [2.75, 3.05) is 13.2 Å². The molecule has 0 aromatic heterocycles. The van der Waals surface area contributed by atoms with Crippen molar-refractivity contribution in [1.29, 1.82) is 0 Å². The minimum absolute atomic E-state index is 0.0472. The molecule has 136 valence electrons. The SMILES string of the molecule is CCCOc1cc(CCCC(=O)O)c(OCCC)c(S(=O)(=O)O)c1. The molecule has 0 amide bonds. The van der Waals surface area contributed by atoms with E-state index in [1.807, 2.05) is 13.8 Å². The smallest absolute Gasteiger partial charge is 0.303 e. The lowest BCUT2D eigenvalue weighted by Crippen LogP contribution is -2.09. The van der Waals surface area contributed by atoms with Crippen molar-refractivity contribution in [1.82, 2.24) is 0 Å². The summed E-state index contributed by atoms with van der Waals surface area (Å²) in [5.41, 5.74) is 0.505. The third-order valence-corrected chi connectivity index (χ3v) is 4.00. The van der Waals surface area contributed by atoms with Crippen LogP contribution in [0.15, 0.2) is 17.0 Å². The zero-order valence-electron chi connectivity index (χ0n) is 13.9. The van der Waals surface area contributed by atoms with E-state index in [1.165, 1.54) is 6.07 Å². The lowest BCUT2D eigenvalue weighted by Gasteiger charge is -2.16. The molecule has 0 aliphatic heterocycles. The Hall–Kier alpha value is -1.80. The van der Waals surface area contributed by atoms with Crippen LogP contribution >= 0.6 is 0 Å². The number of carbonyl (C=O) groups is 1. The van der Waals surface area contributed by atoms with Crippen LogP contribution in [0.25, 0.3) is 0 Å². The maximum atomic E-state index is 11.7. The molecule has 0 radical (unpaired) electrons. The van der Waals surface area contributed by atoms with Crippen molar-refractivity contribution in [3.63, 3.8) is 0 Å². The van der Waals surface area contributed by atoms with Gasteiger partial charge in [0.15, 0.2) is 0 Å². The van der Waals surface area contributed by atoms with Crippen LogP contribution in [0.3, 0.4) is 0 Å². The topological polar surface area (TPSA) is 110 Å². The van der Waals surface area contributed by atoms with Crippen LogP contribution in [-0.2, 0) is 21.3 Å². The van der Waals surface area contributed by atoms with Gasteiger partial charge in [-0.15, -0.1) is 0 Å². The van der Waals surface area contributed by atoms with E-state index in [4.69, 9.17) is 14.6 Å². The number of benzene rings is 1. The molecule has 0 spiro atoms. The van der Waals surface area contributed by atoms with Gasteiger partial charge in [0, 0.05) is 12.5 Å². The van der Waals surface area contributed by atoms with Gasteiger partial charge in [-0.05, 0) is 37.3 Å². The van der Waals surface area contributed by atoms with Crippen molar-refractivity contribution in [3.8, 4) is 11.5 Å². The van der Waals surface area contributed by atoms with Crippen molar-refractivity contribution in [2.45, 2.75) is 50.8 Å². The fraction of sp³-hybridized carbons (Fsp3) is 0.562. The molecule has 1 rings (SSSR count). The second-order valence-corrected chi connectivity index (χ2v) is 6.72. The van der Waals surface area contributed by atoms with E-state index in [0.717, 1.165) is 6.42 Å². The predicted molar refractivity (Wildman–Crippen MR) is 88.4 cm³/mol. The highest BCUT2D eigenvalue weighted by Gasteiger charge is 2.22. The summed E-state index contributed by atoms with van der Waals surface area (Å²) in [6.45, 7) is 4.46. The van der Waals surface area contributed by atoms with Crippen LogP contribution in [0.1, 0.15) is 45.1 Å². The first-order chi connectivity index (χ1) is 11.3. The van der Waals surface area contributed by atoms with Gasteiger partial charge in [-0.3, -0.25) is 9.35 Å². The fourth-order valence-electron chi connectivity index (χ4n) is 2.11. The van der Waals surface area contributed by atoms with E-state index >= 15 is 0 Å². The highest BCUT2D eigenvalue weighted by molar-refractivity contribution is 7.86. The van der Waals surface area contributed by atoms with E-state index in [9.17, 15) is 17.8 Å². The molecule has 0 saturated heterocycles. The zero-order chi connectivity index (χ0) is 18.2. The van der Waals surface area contributed by atoms with Gasteiger partial charge in [0.05, 0.1) is 13.2 Å². The zero-order valence-corrected chi connectivity index (χ0v) is 14.8. The van der Waals surface area contributed by atoms with Gasteiger partial charge in [0.25, 0.3) is 10.1 Å². The summed E-state index contributed by atoms with van der Waals surface area (Å²) in [5, 5.41) is 8.76. The van der Waals surface area contributed by atoms with Gasteiger partial charge in [-0.25, -0.2) is 0 Å². The van der Waals surface area contributed by atoms with Crippen LogP contribution in [0.5, 0.6) is 11.5 Å². The Balaban J connectivity index is 3.28. The monoisotopic (exact) mass is 360 g/mol. The molecular formula is C16H24O7S. The average Bonchev–Trinajstić information content (AvgIpc) is 2.50. The van der Waals surface area contributed by atoms with Gasteiger partial charge in [-0.1, -0.05) is 13.8 Å². The van der Waals surface area contributed by atoms with Gasteiger partial charge < -0.3 is 14.6 Å². The summed E-state index contributed by atoms with van der Waals surface area (Å²) >= 11 is 0. The highest BCUT2D eigenvalue weighted by atomic mass is 32.2. The van der Waals surface area contributed by atoms with Crippen molar-refractivity contribution >= 4 is 16.1 Å². The summed E-state index contributed by atoms with van der Waals surface area (Å²) < 4.78 is 43.9. The van der Waals surface area contributed by atoms with Crippen LogP contribution in [0.4, 0.5) is 0 Å². The van der Waals surface area contributed by atoms with E-state index in [1.54, 1.807) is 6.07 Å². The summed E-state index contributed by atoms with van der Waals surface area (Å²) in [4.78, 5) is 10.3. The Kier molecular flexibility index (Phi) is 8.00. The Labute approximate surface area is 142 Å². The van der Waals surface area contributed by atoms with Crippen LogP contribution in [0, 0.1) is 0 Å². The van der Waals surface area contributed by atoms with E-state index < -0.39 is 16.1 Å². The number of aryl methyl sites for hydroxylation is 1. The molecule has 0 bridgehead atoms. The molecule has 0 aliphatic carbocycles. The van der Waals surface area contributed by atoms with Crippen molar-refractivity contribution < 1.29 is 32.3 Å². The second kappa shape index (κ2) is 9.48. The normalized spacial score (nSPS) is 11.3. The second-order valence-electron chi connectivity index (χ2n) is 5.33. The average molecular weight is 360 g/mol. The number of rotatable bonds is 11. The van der Waals surface area contributed by atoms with Crippen molar-refractivity contribution in [3.05, 3.63) is 17.7 Å². The molecule has 0 atom stereocenters. The number of ether oxygens (including phenoxy) is 2. The molecule has 7 nitrogen and oxygen atoms in total. The number of carboxylic acid groups (broad SMARTS) is 1. The molecule has 0 fully saturated rings. The summed E-state index contributed by atoms with van der Waals surface area (Å²) in [5.74, 6) is -0.563. The van der Waals surface area contributed by atoms with E-state index in [0.29, 0.717) is 37.2 Å². The molecule has 2 N–H and O–H groups in total. The van der Waals surface area contributed by atoms with Gasteiger partial charge in [-0.2, -0.15) is 8.42 Å². The Morgan fingerprint density at radius 1 is 1.12 bits per heavy atom. The van der Waals surface area contributed by atoms with Gasteiger partial charge in [0.1, 0.15) is 16.4 Å². The maximum Gasteiger partial charge on any atom is 0.303 e. The van der Waals surface area contributed by atoms with Gasteiger partial charge >= 0.3 is 5.97 Å². The number of hydrogen-bond donors (Lipinski definition) is 2. The molecular weight excluding hydrogens is 336 g/mol. The summed E-state index contributed by atoms with van der Waals surface area (Å²) in [7, 11) is -4.50. The first-order valence-corrected chi connectivity index (χ1v) is 9.35. The molecule has 0 heterocycles.